The highest BCUT2D eigenvalue weighted by Gasteiger charge is 2.16. The highest BCUT2D eigenvalue weighted by Crippen LogP contribution is 2.11. The van der Waals surface area contributed by atoms with Gasteiger partial charge in [-0.1, -0.05) is 34.1 Å². The van der Waals surface area contributed by atoms with Gasteiger partial charge < -0.3 is 9.84 Å². The van der Waals surface area contributed by atoms with E-state index >= 15 is 0 Å². The Morgan fingerprint density at radius 3 is 2.54 bits per heavy atom. The molecule has 70 valence electrons. The fourth-order valence-corrected chi connectivity index (χ4v) is 1.22. The van der Waals surface area contributed by atoms with E-state index in [1.807, 2.05) is 6.07 Å². The van der Waals surface area contributed by atoms with Gasteiger partial charge >= 0.3 is 5.97 Å². The topological polar surface area (TPSA) is 46.5 Å². The van der Waals surface area contributed by atoms with Gasteiger partial charge in [0.2, 0.25) is 6.10 Å². The number of para-hydroxylation sites is 1. The van der Waals surface area contributed by atoms with E-state index in [1.165, 1.54) is 0 Å². The van der Waals surface area contributed by atoms with E-state index in [1.54, 1.807) is 24.3 Å². The number of alkyl halides is 1. The lowest BCUT2D eigenvalue weighted by Gasteiger charge is -2.11. The molecule has 1 aromatic rings. The van der Waals surface area contributed by atoms with Crippen molar-refractivity contribution in [2.75, 3.05) is 5.33 Å². The Bertz CT molecular complexity index is 273. The predicted molar refractivity (Wildman–Crippen MR) is 52.3 cm³/mol. The summed E-state index contributed by atoms with van der Waals surface area (Å²) in [6.07, 6.45) is -0.831. The van der Waals surface area contributed by atoms with Crippen molar-refractivity contribution < 1.29 is 14.6 Å². The first-order chi connectivity index (χ1) is 6.24. The highest BCUT2D eigenvalue weighted by atomic mass is 79.9. The van der Waals surface area contributed by atoms with E-state index in [4.69, 9.17) is 9.84 Å². The Morgan fingerprint density at radius 1 is 1.46 bits per heavy atom. The van der Waals surface area contributed by atoms with Gasteiger partial charge in [0, 0.05) is 0 Å². The number of carbonyl (C=O) groups is 1. The summed E-state index contributed by atoms with van der Waals surface area (Å²) >= 11 is 3.07. The highest BCUT2D eigenvalue weighted by molar-refractivity contribution is 9.09. The van der Waals surface area contributed by atoms with E-state index in [9.17, 15) is 4.79 Å². The van der Waals surface area contributed by atoms with Crippen LogP contribution >= 0.6 is 15.9 Å². The maximum absolute atomic E-state index is 10.6. The van der Waals surface area contributed by atoms with Gasteiger partial charge in [-0.2, -0.15) is 0 Å². The van der Waals surface area contributed by atoms with Gasteiger partial charge in [-0.3, -0.25) is 0 Å². The van der Waals surface area contributed by atoms with Gasteiger partial charge in [-0.05, 0) is 12.1 Å². The molecule has 0 saturated heterocycles. The smallest absolute Gasteiger partial charge is 0.345 e. The third-order valence-electron chi connectivity index (χ3n) is 1.44. The molecule has 0 spiro atoms. The quantitative estimate of drug-likeness (QED) is 0.824. The van der Waals surface area contributed by atoms with Crippen LogP contribution in [-0.2, 0) is 4.79 Å². The van der Waals surface area contributed by atoms with Crippen molar-refractivity contribution in [1.29, 1.82) is 0 Å². The normalized spacial score (nSPS) is 12.1. The van der Waals surface area contributed by atoms with Crippen LogP contribution in [0.25, 0.3) is 0 Å². The molecular formula is C9H9BrO3. The van der Waals surface area contributed by atoms with Crippen LogP contribution in [0.3, 0.4) is 0 Å². The molecule has 0 heterocycles. The van der Waals surface area contributed by atoms with Gasteiger partial charge in [0.05, 0.1) is 5.33 Å². The van der Waals surface area contributed by atoms with Crippen LogP contribution in [0.2, 0.25) is 0 Å². The monoisotopic (exact) mass is 244 g/mol. The van der Waals surface area contributed by atoms with Crippen LogP contribution in [0.4, 0.5) is 0 Å². The number of hydrogen-bond acceptors (Lipinski definition) is 2. The Balaban J connectivity index is 2.62. The summed E-state index contributed by atoms with van der Waals surface area (Å²) < 4.78 is 5.18. The summed E-state index contributed by atoms with van der Waals surface area (Å²) in [6.45, 7) is 0. The molecule has 0 saturated carbocycles. The molecule has 0 aliphatic rings. The number of carboxylic acid groups (broad SMARTS) is 1. The first-order valence-corrected chi connectivity index (χ1v) is 4.86. The van der Waals surface area contributed by atoms with Crippen LogP contribution in [0.1, 0.15) is 0 Å². The van der Waals surface area contributed by atoms with E-state index in [0.29, 0.717) is 5.75 Å². The lowest BCUT2D eigenvalue weighted by molar-refractivity contribution is -0.143. The second kappa shape index (κ2) is 4.87. The Morgan fingerprint density at radius 2 is 2.08 bits per heavy atom. The number of rotatable bonds is 4. The molecule has 0 bridgehead atoms. The number of hydrogen-bond donors (Lipinski definition) is 1. The lowest BCUT2D eigenvalue weighted by Crippen LogP contribution is -2.28. The van der Waals surface area contributed by atoms with E-state index in [2.05, 4.69) is 15.9 Å². The first kappa shape index (κ1) is 10.1. The van der Waals surface area contributed by atoms with Crippen LogP contribution < -0.4 is 4.74 Å². The van der Waals surface area contributed by atoms with E-state index < -0.39 is 12.1 Å². The molecule has 1 aromatic carbocycles. The zero-order chi connectivity index (χ0) is 9.68. The molecule has 0 radical (unpaired) electrons. The molecule has 4 heteroatoms. The Hall–Kier alpha value is -1.03. The standard InChI is InChI=1S/C9H9BrO3/c10-6-8(9(11)12)13-7-4-2-1-3-5-7/h1-5,8H,6H2,(H,11,12). The zero-order valence-corrected chi connectivity index (χ0v) is 8.40. The van der Waals surface area contributed by atoms with Gasteiger partial charge in [0.25, 0.3) is 0 Å². The van der Waals surface area contributed by atoms with Crippen molar-refractivity contribution in [1.82, 2.24) is 0 Å². The van der Waals surface area contributed by atoms with E-state index in [-0.39, 0.29) is 5.33 Å². The number of aliphatic carboxylic acids is 1. The molecule has 3 nitrogen and oxygen atoms in total. The molecule has 1 unspecified atom stereocenters. The molecule has 0 aromatic heterocycles. The summed E-state index contributed by atoms with van der Waals surface area (Å²) in [7, 11) is 0. The van der Waals surface area contributed by atoms with Crippen molar-refractivity contribution in [3.05, 3.63) is 30.3 Å². The average Bonchev–Trinajstić information content (AvgIpc) is 2.15. The maximum Gasteiger partial charge on any atom is 0.345 e. The van der Waals surface area contributed by atoms with Crippen molar-refractivity contribution in [3.63, 3.8) is 0 Å². The first-order valence-electron chi connectivity index (χ1n) is 3.74. The van der Waals surface area contributed by atoms with Gasteiger partial charge in [0.1, 0.15) is 5.75 Å². The van der Waals surface area contributed by atoms with Gasteiger partial charge in [0.15, 0.2) is 0 Å². The average molecular weight is 245 g/mol. The zero-order valence-electron chi connectivity index (χ0n) is 6.81. The Labute approximate surface area is 84.5 Å². The molecule has 0 aliphatic heterocycles. The second-order valence-electron chi connectivity index (χ2n) is 2.41. The summed E-state index contributed by atoms with van der Waals surface area (Å²) in [6, 6.07) is 8.87. The third kappa shape index (κ3) is 3.06. The lowest BCUT2D eigenvalue weighted by atomic mass is 10.3. The number of halogens is 1. The predicted octanol–water partition coefficient (Wildman–Crippen LogP) is 1.91. The molecule has 0 fully saturated rings. The van der Waals surface area contributed by atoms with Crippen LogP contribution in [0, 0.1) is 0 Å². The van der Waals surface area contributed by atoms with Gasteiger partial charge in [-0.25, -0.2) is 4.79 Å². The molecule has 13 heavy (non-hydrogen) atoms. The van der Waals surface area contributed by atoms with Crippen LogP contribution in [0.15, 0.2) is 30.3 Å². The fourth-order valence-electron chi connectivity index (χ4n) is 0.811. The largest absolute Gasteiger partial charge is 0.478 e. The molecule has 0 aliphatic carbocycles. The number of benzene rings is 1. The summed E-state index contributed by atoms with van der Waals surface area (Å²) in [5, 5.41) is 8.95. The molecule has 1 N–H and O–H groups in total. The minimum Gasteiger partial charge on any atom is -0.478 e. The van der Waals surface area contributed by atoms with Crippen molar-refractivity contribution in [2.45, 2.75) is 6.10 Å². The third-order valence-corrected chi connectivity index (χ3v) is 2.03. The molecular weight excluding hydrogens is 236 g/mol. The maximum atomic E-state index is 10.6. The summed E-state index contributed by atoms with van der Waals surface area (Å²) in [4.78, 5) is 10.6. The van der Waals surface area contributed by atoms with Crippen LogP contribution in [0.5, 0.6) is 5.75 Å². The van der Waals surface area contributed by atoms with E-state index in [0.717, 1.165) is 0 Å². The van der Waals surface area contributed by atoms with Crippen molar-refractivity contribution in [2.24, 2.45) is 0 Å². The summed E-state index contributed by atoms with van der Waals surface area (Å²) in [5.41, 5.74) is 0. The summed E-state index contributed by atoms with van der Waals surface area (Å²) in [5.74, 6) is -0.407. The van der Waals surface area contributed by atoms with Crippen molar-refractivity contribution in [3.8, 4) is 5.75 Å². The fraction of sp³-hybridized carbons (Fsp3) is 0.222. The number of carboxylic acids is 1. The molecule has 1 rings (SSSR count). The minimum absolute atomic E-state index is 0.275. The van der Waals surface area contributed by atoms with Crippen molar-refractivity contribution >= 4 is 21.9 Å². The number of ether oxygens (including phenoxy) is 1. The van der Waals surface area contributed by atoms with Crippen LogP contribution in [-0.4, -0.2) is 22.5 Å². The minimum atomic E-state index is -0.972. The second-order valence-corrected chi connectivity index (χ2v) is 3.06. The molecule has 1 atom stereocenters. The van der Waals surface area contributed by atoms with Gasteiger partial charge in [-0.15, -0.1) is 0 Å². The SMILES string of the molecule is O=C(O)C(CBr)Oc1ccccc1. The Kier molecular flexibility index (Phi) is 3.76. The molecule has 0 amide bonds.